The quantitative estimate of drug-likeness (QED) is 0.165. The van der Waals surface area contributed by atoms with Gasteiger partial charge in [-0.15, -0.1) is 0 Å². The van der Waals surface area contributed by atoms with Crippen LogP contribution in [0.4, 0.5) is 0 Å². The second-order valence-electron chi connectivity index (χ2n) is 7.06. The molecule has 0 aliphatic rings. The Bertz CT molecular complexity index is 216. The second-order valence-corrected chi connectivity index (χ2v) is 7.06. The van der Waals surface area contributed by atoms with E-state index in [4.69, 9.17) is 0 Å². The van der Waals surface area contributed by atoms with E-state index >= 15 is 0 Å². The van der Waals surface area contributed by atoms with Crippen molar-refractivity contribution >= 4 is 0 Å². The predicted molar refractivity (Wildman–Crippen MR) is 108 cm³/mol. The normalized spacial score (nSPS) is 11.6. The monoisotopic (exact) mass is 320 g/mol. The van der Waals surface area contributed by atoms with Crippen molar-refractivity contribution in [2.24, 2.45) is 0 Å². The molecule has 136 valence electrons. The smallest absolute Gasteiger partial charge is 0.0351 e. The number of allylic oxidation sites excluding steroid dienone is 2. The fraction of sp³-hybridized carbons (Fsp3) is 0.826. The topological polar surface area (TPSA) is 0 Å². The summed E-state index contributed by atoms with van der Waals surface area (Å²) in [7, 11) is 0. The fourth-order valence-corrected chi connectivity index (χ4v) is 3.06. The Kier molecular flexibility index (Phi) is 21.5. The summed E-state index contributed by atoms with van der Waals surface area (Å²) < 4.78 is 0. The Morgan fingerprint density at radius 1 is 0.348 bits per heavy atom. The third-order valence-electron chi connectivity index (χ3n) is 4.66. The molecule has 0 amide bonds. The molecule has 0 unspecified atom stereocenters. The molecule has 0 bridgehead atoms. The molecule has 0 nitrogen and oxygen atoms in total. The predicted octanol–water partition coefficient (Wildman–Crippen LogP) is 8.62. The molecule has 0 fully saturated rings. The molecule has 23 heavy (non-hydrogen) atoms. The Hall–Kier alpha value is -0.260. The number of rotatable bonds is 19. The minimum atomic E-state index is 1.10. The molecule has 0 heterocycles. The zero-order valence-corrected chi connectivity index (χ0v) is 16.0. The summed E-state index contributed by atoms with van der Waals surface area (Å²) in [6, 6.07) is 0. The first-order valence-electron chi connectivity index (χ1n) is 10.6. The van der Waals surface area contributed by atoms with Crippen LogP contribution in [0.5, 0.6) is 0 Å². The fourth-order valence-electron chi connectivity index (χ4n) is 3.06. The van der Waals surface area contributed by atoms with E-state index in [0.717, 1.165) is 12.8 Å². The Morgan fingerprint density at radius 2 is 0.609 bits per heavy atom. The van der Waals surface area contributed by atoms with E-state index in [0.29, 0.717) is 0 Å². The molecule has 2 radical (unpaired) electrons. The molecule has 0 N–H and O–H groups in total. The summed E-state index contributed by atoms with van der Waals surface area (Å²) >= 11 is 0. The third kappa shape index (κ3) is 21.7. The SMILES string of the molecule is [CH2]CCCCCCC=CCCCCCCCCCCCCC[CH2]. The second kappa shape index (κ2) is 21.7. The first kappa shape index (κ1) is 22.7. The van der Waals surface area contributed by atoms with E-state index in [9.17, 15) is 0 Å². The first-order valence-corrected chi connectivity index (χ1v) is 10.6. The Labute approximate surface area is 148 Å². The lowest BCUT2D eigenvalue weighted by atomic mass is 10.0. The van der Waals surface area contributed by atoms with Crippen molar-refractivity contribution in [2.45, 2.75) is 122 Å². The molecule has 0 aliphatic carbocycles. The summed E-state index contributed by atoms with van der Waals surface area (Å²) in [5.41, 5.74) is 0. The van der Waals surface area contributed by atoms with Crippen molar-refractivity contribution in [3.8, 4) is 0 Å². The van der Waals surface area contributed by atoms with Gasteiger partial charge in [0.25, 0.3) is 0 Å². The highest BCUT2D eigenvalue weighted by Crippen LogP contribution is 2.12. The molecular formula is C23H44. The molecule has 0 heteroatoms. The largest absolute Gasteiger partial charge is 0.0885 e. The molecule has 0 rings (SSSR count). The Balaban J connectivity index is 3.02. The van der Waals surface area contributed by atoms with Gasteiger partial charge < -0.3 is 0 Å². The van der Waals surface area contributed by atoms with Crippen molar-refractivity contribution in [3.63, 3.8) is 0 Å². The molecule has 0 aromatic rings. The summed E-state index contributed by atoms with van der Waals surface area (Å²) in [5.74, 6) is 0. The van der Waals surface area contributed by atoms with Gasteiger partial charge >= 0.3 is 0 Å². The first-order chi connectivity index (χ1) is 11.4. The highest BCUT2D eigenvalue weighted by molar-refractivity contribution is 4.81. The van der Waals surface area contributed by atoms with E-state index in [2.05, 4.69) is 26.0 Å². The van der Waals surface area contributed by atoms with Gasteiger partial charge in [-0.1, -0.05) is 122 Å². The van der Waals surface area contributed by atoms with Gasteiger partial charge in [0, 0.05) is 0 Å². The summed E-state index contributed by atoms with van der Waals surface area (Å²) in [6.07, 6.45) is 30.7. The van der Waals surface area contributed by atoms with Gasteiger partial charge in [0.15, 0.2) is 0 Å². The van der Waals surface area contributed by atoms with E-state index < -0.39 is 0 Å². The summed E-state index contributed by atoms with van der Waals surface area (Å²) in [4.78, 5) is 0. The van der Waals surface area contributed by atoms with Crippen LogP contribution < -0.4 is 0 Å². The van der Waals surface area contributed by atoms with Crippen LogP contribution in [0, 0.1) is 13.8 Å². The lowest BCUT2D eigenvalue weighted by Gasteiger charge is -2.02. The van der Waals surface area contributed by atoms with Crippen molar-refractivity contribution in [1.82, 2.24) is 0 Å². The average molecular weight is 321 g/mol. The molecule has 0 saturated carbocycles. The molecular weight excluding hydrogens is 276 g/mol. The summed E-state index contributed by atoms with van der Waals surface area (Å²) in [6.45, 7) is 7.78. The average Bonchev–Trinajstić information content (AvgIpc) is 2.57. The zero-order chi connectivity index (χ0) is 16.8. The highest BCUT2D eigenvalue weighted by Gasteiger charge is 1.93. The van der Waals surface area contributed by atoms with Gasteiger partial charge in [-0.05, 0) is 25.7 Å². The van der Waals surface area contributed by atoms with E-state index in [1.807, 2.05) is 0 Å². The number of hydrogen-bond donors (Lipinski definition) is 0. The Morgan fingerprint density at radius 3 is 0.913 bits per heavy atom. The zero-order valence-electron chi connectivity index (χ0n) is 16.0. The standard InChI is InChI=1S/C23H44/c1-3-5-7-9-11-13-15-17-19-21-23-22-20-18-16-14-12-10-8-6-4-2/h15,17H,1-14,16,18-23H2. The lowest BCUT2D eigenvalue weighted by molar-refractivity contribution is 0.547. The van der Waals surface area contributed by atoms with Crippen molar-refractivity contribution in [3.05, 3.63) is 26.0 Å². The third-order valence-corrected chi connectivity index (χ3v) is 4.66. The van der Waals surface area contributed by atoms with Crippen LogP contribution in [0.15, 0.2) is 12.2 Å². The van der Waals surface area contributed by atoms with Crippen LogP contribution in [-0.2, 0) is 0 Å². The maximum atomic E-state index is 3.90. The summed E-state index contributed by atoms with van der Waals surface area (Å²) in [5, 5.41) is 0. The lowest BCUT2D eigenvalue weighted by Crippen LogP contribution is -1.82. The van der Waals surface area contributed by atoms with E-state index in [1.54, 1.807) is 0 Å². The van der Waals surface area contributed by atoms with E-state index in [1.165, 1.54) is 109 Å². The van der Waals surface area contributed by atoms with Gasteiger partial charge in [0.1, 0.15) is 0 Å². The van der Waals surface area contributed by atoms with Crippen LogP contribution in [-0.4, -0.2) is 0 Å². The van der Waals surface area contributed by atoms with Crippen molar-refractivity contribution < 1.29 is 0 Å². The van der Waals surface area contributed by atoms with Gasteiger partial charge in [-0.3, -0.25) is 0 Å². The maximum Gasteiger partial charge on any atom is -0.0351 e. The molecule has 0 aromatic heterocycles. The van der Waals surface area contributed by atoms with Crippen LogP contribution in [0.2, 0.25) is 0 Å². The minimum absolute atomic E-state index is 1.10. The van der Waals surface area contributed by atoms with Crippen molar-refractivity contribution in [2.75, 3.05) is 0 Å². The molecule has 0 spiro atoms. The van der Waals surface area contributed by atoms with Crippen molar-refractivity contribution in [1.29, 1.82) is 0 Å². The molecule has 0 atom stereocenters. The van der Waals surface area contributed by atoms with Gasteiger partial charge in [-0.2, -0.15) is 0 Å². The van der Waals surface area contributed by atoms with E-state index in [-0.39, 0.29) is 0 Å². The maximum absolute atomic E-state index is 3.90. The van der Waals surface area contributed by atoms with Crippen LogP contribution >= 0.6 is 0 Å². The van der Waals surface area contributed by atoms with Gasteiger partial charge in [0.05, 0.1) is 0 Å². The molecule has 0 saturated heterocycles. The number of hydrogen-bond acceptors (Lipinski definition) is 0. The van der Waals surface area contributed by atoms with Crippen LogP contribution in [0.1, 0.15) is 122 Å². The minimum Gasteiger partial charge on any atom is -0.0885 e. The van der Waals surface area contributed by atoms with Gasteiger partial charge in [-0.25, -0.2) is 0 Å². The molecule has 0 aromatic carbocycles. The van der Waals surface area contributed by atoms with Crippen LogP contribution in [0.3, 0.4) is 0 Å². The van der Waals surface area contributed by atoms with Gasteiger partial charge in [0.2, 0.25) is 0 Å². The molecule has 0 aliphatic heterocycles. The highest BCUT2D eigenvalue weighted by atomic mass is 14.0. The van der Waals surface area contributed by atoms with Crippen LogP contribution in [0.25, 0.3) is 0 Å². The number of unbranched alkanes of at least 4 members (excludes halogenated alkanes) is 17.